The van der Waals surface area contributed by atoms with E-state index in [4.69, 9.17) is 4.74 Å². The molecule has 1 atom stereocenters. The molecule has 1 aromatic carbocycles. The zero-order chi connectivity index (χ0) is 15.1. The number of nitrogens with one attached hydrogen (secondary N) is 1. The summed E-state index contributed by atoms with van der Waals surface area (Å²) in [7, 11) is 0. The van der Waals surface area contributed by atoms with Crippen LogP contribution in [0.4, 0.5) is 0 Å². The van der Waals surface area contributed by atoms with Crippen LogP contribution >= 0.6 is 0 Å². The van der Waals surface area contributed by atoms with Crippen LogP contribution in [0.5, 0.6) is 5.75 Å². The van der Waals surface area contributed by atoms with E-state index in [0.717, 1.165) is 24.5 Å². The van der Waals surface area contributed by atoms with Crippen molar-refractivity contribution in [1.82, 2.24) is 10.3 Å². The first-order valence-corrected chi connectivity index (χ1v) is 7.52. The molecule has 0 aliphatic heterocycles. The summed E-state index contributed by atoms with van der Waals surface area (Å²) in [5, 5.41) is 3.40. The highest BCUT2D eigenvalue weighted by atomic mass is 16.5. The molecule has 0 spiro atoms. The monoisotopic (exact) mass is 284 g/mol. The van der Waals surface area contributed by atoms with Gasteiger partial charge in [-0.25, -0.2) is 0 Å². The number of nitrogens with zero attached hydrogens (tertiary/aromatic N) is 1. The average molecular weight is 284 g/mol. The van der Waals surface area contributed by atoms with Crippen LogP contribution < -0.4 is 10.1 Å². The van der Waals surface area contributed by atoms with Gasteiger partial charge in [0.15, 0.2) is 0 Å². The molecular weight excluding hydrogens is 260 g/mol. The third-order valence-corrected chi connectivity index (χ3v) is 3.23. The average Bonchev–Trinajstić information content (AvgIpc) is 2.48. The van der Waals surface area contributed by atoms with Crippen LogP contribution in [0, 0.1) is 5.92 Å². The van der Waals surface area contributed by atoms with Gasteiger partial charge in [0.25, 0.3) is 0 Å². The summed E-state index contributed by atoms with van der Waals surface area (Å²) in [6.07, 6.45) is 1.84. The van der Waals surface area contributed by atoms with Gasteiger partial charge in [-0.3, -0.25) is 4.98 Å². The van der Waals surface area contributed by atoms with Gasteiger partial charge in [-0.15, -0.1) is 0 Å². The highest BCUT2D eigenvalue weighted by Gasteiger charge is 2.07. The number of pyridine rings is 1. The van der Waals surface area contributed by atoms with E-state index >= 15 is 0 Å². The van der Waals surface area contributed by atoms with Crippen molar-refractivity contribution in [3.63, 3.8) is 0 Å². The lowest BCUT2D eigenvalue weighted by Gasteiger charge is -2.15. The maximum atomic E-state index is 6.00. The summed E-state index contributed by atoms with van der Waals surface area (Å²) in [6, 6.07) is 14.2. The van der Waals surface area contributed by atoms with Gasteiger partial charge in [-0.2, -0.15) is 0 Å². The van der Waals surface area contributed by atoms with Crippen molar-refractivity contribution in [2.75, 3.05) is 6.54 Å². The van der Waals surface area contributed by atoms with Gasteiger partial charge in [-0.1, -0.05) is 44.2 Å². The molecule has 0 amide bonds. The third kappa shape index (κ3) is 5.20. The van der Waals surface area contributed by atoms with Crippen molar-refractivity contribution >= 4 is 0 Å². The van der Waals surface area contributed by atoms with Crippen molar-refractivity contribution in [3.05, 3.63) is 59.9 Å². The van der Waals surface area contributed by atoms with E-state index in [1.165, 1.54) is 5.56 Å². The van der Waals surface area contributed by atoms with E-state index < -0.39 is 0 Å². The molecule has 0 aliphatic carbocycles. The van der Waals surface area contributed by atoms with Gasteiger partial charge in [0.2, 0.25) is 0 Å². The second-order valence-electron chi connectivity index (χ2n) is 5.68. The van der Waals surface area contributed by atoms with Gasteiger partial charge in [0.1, 0.15) is 11.9 Å². The fourth-order valence-electron chi connectivity index (χ4n) is 2.11. The molecule has 0 saturated carbocycles. The lowest BCUT2D eigenvalue weighted by atomic mass is 10.1. The van der Waals surface area contributed by atoms with Gasteiger partial charge in [0.05, 0.1) is 5.69 Å². The fourth-order valence-corrected chi connectivity index (χ4v) is 2.11. The first-order chi connectivity index (χ1) is 10.1. The van der Waals surface area contributed by atoms with E-state index in [-0.39, 0.29) is 6.10 Å². The topological polar surface area (TPSA) is 34.1 Å². The van der Waals surface area contributed by atoms with Crippen LogP contribution in [0.3, 0.4) is 0 Å². The molecular formula is C18H24N2O. The second-order valence-corrected chi connectivity index (χ2v) is 5.68. The Labute approximate surface area is 127 Å². The van der Waals surface area contributed by atoms with Crippen molar-refractivity contribution in [2.45, 2.75) is 33.4 Å². The Bertz CT molecular complexity index is 540. The van der Waals surface area contributed by atoms with Gasteiger partial charge in [-0.05, 0) is 31.0 Å². The maximum Gasteiger partial charge on any atom is 0.123 e. The standard InChI is InChI=1S/C18H24N2O/c1-14(2)12-19-13-17-11-18(9-10-20-17)21-15(3)16-7-5-4-6-8-16/h4-11,14-15,19H,12-13H2,1-3H3. The van der Waals surface area contributed by atoms with Gasteiger partial charge in [0, 0.05) is 18.8 Å². The third-order valence-electron chi connectivity index (χ3n) is 3.23. The predicted octanol–water partition coefficient (Wildman–Crippen LogP) is 3.97. The number of aromatic nitrogens is 1. The molecule has 0 radical (unpaired) electrons. The largest absolute Gasteiger partial charge is 0.486 e. The molecule has 1 aromatic heterocycles. The smallest absolute Gasteiger partial charge is 0.123 e. The maximum absolute atomic E-state index is 6.00. The zero-order valence-corrected chi connectivity index (χ0v) is 13.0. The van der Waals surface area contributed by atoms with Crippen LogP contribution in [0.25, 0.3) is 0 Å². The van der Waals surface area contributed by atoms with Crippen LogP contribution in [-0.4, -0.2) is 11.5 Å². The highest BCUT2D eigenvalue weighted by Crippen LogP contribution is 2.21. The van der Waals surface area contributed by atoms with Crippen LogP contribution in [0.2, 0.25) is 0 Å². The molecule has 1 N–H and O–H groups in total. The summed E-state index contributed by atoms with van der Waals surface area (Å²) in [4.78, 5) is 4.37. The molecule has 0 saturated heterocycles. The molecule has 3 heteroatoms. The van der Waals surface area contributed by atoms with Crippen molar-refractivity contribution in [1.29, 1.82) is 0 Å². The summed E-state index contributed by atoms with van der Waals surface area (Å²) in [5.74, 6) is 1.50. The first kappa shape index (κ1) is 15.5. The quantitative estimate of drug-likeness (QED) is 0.835. The Kier molecular flexibility index (Phi) is 5.76. The lowest BCUT2D eigenvalue weighted by Crippen LogP contribution is -2.19. The number of hydrogen-bond acceptors (Lipinski definition) is 3. The van der Waals surface area contributed by atoms with Gasteiger partial charge < -0.3 is 10.1 Å². The molecule has 1 heterocycles. The summed E-state index contributed by atoms with van der Waals surface area (Å²) >= 11 is 0. The van der Waals surface area contributed by atoms with Crippen LogP contribution in [-0.2, 0) is 6.54 Å². The van der Waals surface area contributed by atoms with Gasteiger partial charge >= 0.3 is 0 Å². The number of ether oxygens (including phenoxy) is 1. The molecule has 0 bridgehead atoms. The molecule has 0 fully saturated rings. The molecule has 112 valence electrons. The lowest BCUT2D eigenvalue weighted by molar-refractivity contribution is 0.226. The van der Waals surface area contributed by atoms with E-state index in [1.807, 2.05) is 30.3 Å². The normalized spacial score (nSPS) is 12.4. The Balaban J connectivity index is 1.94. The molecule has 21 heavy (non-hydrogen) atoms. The molecule has 3 nitrogen and oxygen atoms in total. The first-order valence-electron chi connectivity index (χ1n) is 7.52. The minimum Gasteiger partial charge on any atom is -0.486 e. The van der Waals surface area contributed by atoms with E-state index in [1.54, 1.807) is 6.20 Å². The Morgan fingerprint density at radius 3 is 2.57 bits per heavy atom. The zero-order valence-electron chi connectivity index (χ0n) is 13.0. The van der Waals surface area contributed by atoms with Crippen LogP contribution in [0.1, 0.15) is 38.1 Å². The number of hydrogen-bond donors (Lipinski definition) is 1. The minimum atomic E-state index is 0.0325. The van der Waals surface area contributed by atoms with Crippen molar-refractivity contribution in [3.8, 4) is 5.75 Å². The van der Waals surface area contributed by atoms with E-state index in [0.29, 0.717) is 5.92 Å². The molecule has 2 aromatic rings. The van der Waals surface area contributed by atoms with E-state index in [2.05, 4.69) is 43.2 Å². The van der Waals surface area contributed by atoms with Crippen LogP contribution in [0.15, 0.2) is 48.7 Å². The molecule has 0 aliphatic rings. The summed E-state index contributed by atoms with van der Waals surface area (Å²) < 4.78 is 6.00. The van der Waals surface area contributed by atoms with Crippen molar-refractivity contribution < 1.29 is 4.74 Å². The SMILES string of the molecule is CC(C)CNCc1cc(OC(C)c2ccccc2)ccn1. The fraction of sp³-hybridized carbons (Fsp3) is 0.389. The van der Waals surface area contributed by atoms with E-state index in [9.17, 15) is 0 Å². The molecule has 1 unspecified atom stereocenters. The Morgan fingerprint density at radius 1 is 1.10 bits per heavy atom. The minimum absolute atomic E-state index is 0.0325. The summed E-state index contributed by atoms with van der Waals surface area (Å²) in [6.45, 7) is 8.22. The Hall–Kier alpha value is -1.87. The second kappa shape index (κ2) is 7.79. The van der Waals surface area contributed by atoms with Crippen molar-refractivity contribution in [2.24, 2.45) is 5.92 Å². The number of rotatable bonds is 7. The Morgan fingerprint density at radius 2 is 1.86 bits per heavy atom. The highest BCUT2D eigenvalue weighted by molar-refractivity contribution is 5.25. The predicted molar refractivity (Wildman–Crippen MR) is 86.3 cm³/mol. The summed E-state index contributed by atoms with van der Waals surface area (Å²) in [5.41, 5.74) is 2.18. The number of benzene rings is 1. The molecule has 2 rings (SSSR count).